The predicted octanol–water partition coefficient (Wildman–Crippen LogP) is 3.96. The molecule has 0 bridgehead atoms. The molecule has 3 aromatic rings. The summed E-state index contributed by atoms with van der Waals surface area (Å²) in [6, 6.07) is 20.3. The third kappa shape index (κ3) is 3.52. The van der Waals surface area contributed by atoms with Crippen LogP contribution in [0.3, 0.4) is 0 Å². The van der Waals surface area contributed by atoms with Gasteiger partial charge in [-0.2, -0.15) is 0 Å². The Morgan fingerprint density at radius 3 is 2.48 bits per heavy atom. The van der Waals surface area contributed by atoms with E-state index in [2.05, 4.69) is 5.32 Å². The fourth-order valence-corrected chi connectivity index (χ4v) is 2.67. The number of carbonyl (C=O) groups is 1. The molecule has 0 aromatic heterocycles. The maximum absolute atomic E-state index is 12.1. The lowest BCUT2D eigenvalue weighted by Gasteiger charge is -2.15. The maximum Gasteiger partial charge on any atom is 0.251 e. The van der Waals surface area contributed by atoms with Crippen LogP contribution in [0.25, 0.3) is 10.8 Å². The van der Waals surface area contributed by atoms with Crippen molar-refractivity contribution in [3.63, 3.8) is 0 Å². The Kier molecular flexibility index (Phi) is 4.60. The minimum atomic E-state index is -0.766. The first kappa shape index (κ1) is 15.5. The molecule has 23 heavy (non-hydrogen) atoms. The van der Waals surface area contributed by atoms with Crippen molar-refractivity contribution in [3.05, 3.63) is 82.9 Å². The van der Waals surface area contributed by atoms with E-state index in [1.54, 1.807) is 24.3 Å². The zero-order valence-corrected chi connectivity index (χ0v) is 13.1. The molecule has 116 valence electrons. The van der Waals surface area contributed by atoms with Crippen LogP contribution >= 0.6 is 11.6 Å². The minimum Gasteiger partial charge on any atom is -0.387 e. The molecule has 1 unspecified atom stereocenters. The molecule has 4 heteroatoms. The summed E-state index contributed by atoms with van der Waals surface area (Å²) in [6.45, 7) is 0.148. The first-order chi connectivity index (χ1) is 11.1. The van der Waals surface area contributed by atoms with Crippen molar-refractivity contribution in [3.8, 4) is 0 Å². The Bertz CT molecular complexity index is 825. The summed E-state index contributed by atoms with van der Waals surface area (Å²) in [7, 11) is 0. The van der Waals surface area contributed by atoms with Gasteiger partial charge in [-0.3, -0.25) is 4.79 Å². The summed E-state index contributed by atoms with van der Waals surface area (Å²) >= 11 is 5.81. The predicted molar refractivity (Wildman–Crippen MR) is 92.7 cm³/mol. The Morgan fingerprint density at radius 1 is 1.00 bits per heavy atom. The molecule has 0 radical (unpaired) electrons. The molecule has 0 saturated carbocycles. The van der Waals surface area contributed by atoms with Crippen molar-refractivity contribution >= 4 is 28.3 Å². The average molecular weight is 326 g/mol. The second kappa shape index (κ2) is 6.82. The smallest absolute Gasteiger partial charge is 0.251 e. The van der Waals surface area contributed by atoms with Gasteiger partial charge in [0.1, 0.15) is 0 Å². The molecule has 3 aromatic carbocycles. The van der Waals surface area contributed by atoms with Gasteiger partial charge in [-0.05, 0) is 40.6 Å². The lowest BCUT2D eigenvalue weighted by atomic mass is 10.0. The Labute approximate surface area is 139 Å². The molecule has 3 nitrogen and oxygen atoms in total. The van der Waals surface area contributed by atoms with E-state index in [9.17, 15) is 9.90 Å². The molecule has 1 amide bonds. The SMILES string of the molecule is O=C(NCC(O)c1cccc2ccccc12)c1ccc(Cl)cc1. The van der Waals surface area contributed by atoms with Gasteiger partial charge < -0.3 is 10.4 Å². The highest BCUT2D eigenvalue weighted by Gasteiger charge is 2.13. The van der Waals surface area contributed by atoms with Crippen molar-refractivity contribution in [1.82, 2.24) is 5.32 Å². The lowest BCUT2D eigenvalue weighted by Crippen LogP contribution is -2.28. The molecule has 3 rings (SSSR count). The van der Waals surface area contributed by atoms with Gasteiger partial charge in [0.25, 0.3) is 5.91 Å². The summed E-state index contributed by atoms with van der Waals surface area (Å²) in [5.74, 6) is -0.235. The van der Waals surface area contributed by atoms with Crippen molar-refractivity contribution < 1.29 is 9.90 Å². The molecule has 2 N–H and O–H groups in total. The molecular formula is C19H16ClNO2. The second-order valence-corrected chi connectivity index (χ2v) is 5.74. The van der Waals surface area contributed by atoms with E-state index >= 15 is 0 Å². The number of carbonyl (C=O) groups excluding carboxylic acids is 1. The zero-order valence-electron chi connectivity index (χ0n) is 12.4. The van der Waals surface area contributed by atoms with E-state index in [0.717, 1.165) is 16.3 Å². The number of aliphatic hydroxyl groups is 1. The summed E-state index contributed by atoms with van der Waals surface area (Å²) in [4.78, 5) is 12.1. The molecule has 0 aliphatic rings. The highest BCUT2D eigenvalue weighted by atomic mass is 35.5. The highest BCUT2D eigenvalue weighted by Crippen LogP contribution is 2.23. The van der Waals surface area contributed by atoms with Gasteiger partial charge in [-0.1, -0.05) is 54.1 Å². The number of nitrogens with one attached hydrogen (secondary N) is 1. The topological polar surface area (TPSA) is 49.3 Å². The number of rotatable bonds is 4. The third-order valence-electron chi connectivity index (χ3n) is 3.74. The van der Waals surface area contributed by atoms with Crippen LogP contribution in [0.5, 0.6) is 0 Å². The monoisotopic (exact) mass is 325 g/mol. The number of aliphatic hydroxyl groups excluding tert-OH is 1. The van der Waals surface area contributed by atoms with Crippen LogP contribution in [0, 0.1) is 0 Å². The Hall–Kier alpha value is -2.36. The van der Waals surface area contributed by atoms with Gasteiger partial charge in [0.2, 0.25) is 0 Å². The average Bonchev–Trinajstić information content (AvgIpc) is 2.59. The molecule has 0 heterocycles. The zero-order chi connectivity index (χ0) is 16.2. The largest absolute Gasteiger partial charge is 0.387 e. The quantitative estimate of drug-likeness (QED) is 0.763. The first-order valence-corrected chi connectivity index (χ1v) is 7.72. The van der Waals surface area contributed by atoms with E-state index in [-0.39, 0.29) is 12.5 Å². The Morgan fingerprint density at radius 2 is 1.70 bits per heavy atom. The van der Waals surface area contributed by atoms with E-state index in [1.165, 1.54) is 0 Å². The molecule has 0 fully saturated rings. The fraction of sp³-hybridized carbons (Fsp3) is 0.105. The number of hydrogen-bond donors (Lipinski definition) is 2. The van der Waals surface area contributed by atoms with Gasteiger partial charge in [0.15, 0.2) is 0 Å². The molecule has 0 saturated heterocycles. The summed E-state index contributed by atoms with van der Waals surface area (Å²) in [5, 5.41) is 15.8. The van der Waals surface area contributed by atoms with Crippen molar-refractivity contribution in [2.45, 2.75) is 6.10 Å². The van der Waals surface area contributed by atoms with Gasteiger partial charge in [-0.15, -0.1) is 0 Å². The maximum atomic E-state index is 12.1. The van der Waals surface area contributed by atoms with E-state index in [4.69, 9.17) is 11.6 Å². The van der Waals surface area contributed by atoms with E-state index in [1.807, 2.05) is 42.5 Å². The van der Waals surface area contributed by atoms with Crippen LogP contribution < -0.4 is 5.32 Å². The standard InChI is InChI=1S/C19H16ClNO2/c20-15-10-8-14(9-11-15)19(23)21-12-18(22)17-7-3-5-13-4-1-2-6-16(13)17/h1-11,18,22H,12H2,(H,21,23). The third-order valence-corrected chi connectivity index (χ3v) is 4.00. The number of benzene rings is 3. The van der Waals surface area contributed by atoms with Gasteiger partial charge in [0, 0.05) is 17.1 Å². The van der Waals surface area contributed by atoms with E-state index in [0.29, 0.717) is 10.6 Å². The molecular weight excluding hydrogens is 310 g/mol. The molecule has 0 aliphatic carbocycles. The van der Waals surface area contributed by atoms with Crippen LogP contribution in [0.15, 0.2) is 66.7 Å². The lowest BCUT2D eigenvalue weighted by molar-refractivity contribution is 0.0917. The summed E-state index contributed by atoms with van der Waals surface area (Å²) in [6.07, 6.45) is -0.766. The minimum absolute atomic E-state index is 0.148. The van der Waals surface area contributed by atoms with Crippen LogP contribution in [-0.2, 0) is 0 Å². The normalized spacial score (nSPS) is 12.1. The Balaban J connectivity index is 1.72. The van der Waals surface area contributed by atoms with E-state index < -0.39 is 6.10 Å². The van der Waals surface area contributed by atoms with Gasteiger partial charge >= 0.3 is 0 Å². The summed E-state index contributed by atoms with van der Waals surface area (Å²) in [5.41, 5.74) is 1.32. The second-order valence-electron chi connectivity index (χ2n) is 5.30. The molecule has 1 atom stereocenters. The van der Waals surface area contributed by atoms with Crippen LogP contribution in [0.1, 0.15) is 22.0 Å². The number of amides is 1. The first-order valence-electron chi connectivity index (χ1n) is 7.34. The molecule has 0 aliphatic heterocycles. The van der Waals surface area contributed by atoms with Gasteiger partial charge in [0.05, 0.1) is 6.10 Å². The van der Waals surface area contributed by atoms with Crippen LogP contribution in [0.4, 0.5) is 0 Å². The number of halogens is 1. The van der Waals surface area contributed by atoms with Crippen molar-refractivity contribution in [2.75, 3.05) is 6.54 Å². The number of fused-ring (bicyclic) bond motifs is 1. The number of hydrogen-bond acceptors (Lipinski definition) is 2. The fourth-order valence-electron chi connectivity index (χ4n) is 2.54. The summed E-state index contributed by atoms with van der Waals surface area (Å²) < 4.78 is 0. The highest BCUT2D eigenvalue weighted by molar-refractivity contribution is 6.30. The van der Waals surface area contributed by atoms with Gasteiger partial charge in [-0.25, -0.2) is 0 Å². The van der Waals surface area contributed by atoms with Crippen LogP contribution in [-0.4, -0.2) is 17.6 Å². The van der Waals surface area contributed by atoms with Crippen molar-refractivity contribution in [2.24, 2.45) is 0 Å². The van der Waals surface area contributed by atoms with Crippen molar-refractivity contribution in [1.29, 1.82) is 0 Å². The molecule has 0 spiro atoms. The van der Waals surface area contributed by atoms with Crippen LogP contribution in [0.2, 0.25) is 5.02 Å².